The maximum atomic E-state index is 11.6. The number of rotatable bonds is 6. The van der Waals surface area contributed by atoms with Crippen molar-refractivity contribution in [3.05, 3.63) is 17.5 Å². The lowest BCUT2D eigenvalue weighted by atomic mass is 10.2. The monoisotopic (exact) mass is 241 g/mol. The topological polar surface area (TPSA) is 76.4 Å². The van der Waals surface area contributed by atoms with Gasteiger partial charge in [0.25, 0.3) is 5.91 Å². The average molecular weight is 241 g/mol. The predicted molar refractivity (Wildman–Crippen MR) is 62.8 cm³/mol. The van der Waals surface area contributed by atoms with E-state index in [9.17, 15) is 9.90 Å². The summed E-state index contributed by atoms with van der Waals surface area (Å²) >= 11 is 0. The minimum atomic E-state index is -0.550. The summed E-state index contributed by atoms with van der Waals surface area (Å²) in [7, 11) is 3.31. The molecule has 0 saturated heterocycles. The lowest BCUT2D eigenvalue weighted by Crippen LogP contribution is -2.28. The van der Waals surface area contributed by atoms with Crippen molar-refractivity contribution in [3.8, 4) is 0 Å². The fourth-order valence-corrected chi connectivity index (χ4v) is 1.39. The maximum absolute atomic E-state index is 11.6. The fraction of sp³-hybridized carbons (Fsp3) is 0.636. The van der Waals surface area contributed by atoms with Crippen LogP contribution in [-0.2, 0) is 11.8 Å². The van der Waals surface area contributed by atoms with Crippen LogP contribution in [0, 0.1) is 6.92 Å². The minimum Gasteiger partial charge on any atom is -0.391 e. The molecule has 0 fully saturated rings. The molecule has 1 aromatic heterocycles. The summed E-state index contributed by atoms with van der Waals surface area (Å²) in [5.41, 5.74) is 1.32. The van der Waals surface area contributed by atoms with Gasteiger partial charge in [0.1, 0.15) is 5.69 Å². The number of methoxy groups -OCH3 is 1. The Balaban J connectivity index is 2.35. The van der Waals surface area contributed by atoms with E-state index < -0.39 is 6.10 Å². The Hall–Kier alpha value is -1.40. The van der Waals surface area contributed by atoms with E-state index in [1.807, 2.05) is 6.92 Å². The van der Waals surface area contributed by atoms with Gasteiger partial charge in [0.05, 0.1) is 12.7 Å². The molecule has 96 valence electrons. The molecule has 17 heavy (non-hydrogen) atoms. The standard InChI is InChI=1S/C11H19N3O3/c1-8-6-10(13-14(8)2)11(16)12-5-4-9(15)7-17-3/h6,9,15H,4-5,7H2,1-3H3,(H,12,16). The lowest BCUT2D eigenvalue weighted by molar-refractivity contribution is 0.0587. The fourth-order valence-electron chi connectivity index (χ4n) is 1.39. The van der Waals surface area contributed by atoms with E-state index in [-0.39, 0.29) is 12.5 Å². The zero-order chi connectivity index (χ0) is 12.8. The molecule has 0 aliphatic rings. The molecule has 0 aliphatic carbocycles. The number of aryl methyl sites for hydroxylation is 2. The zero-order valence-electron chi connectivity index (χ0n) is 10.4. The first-order chi connectivity index (χ1) is 8.04. The molecule has 1 amide bonds. The molecule has 0 aliphatic heterocycles. The summed E-state index contributed by atoms with van der Waals surface area (Å²) in [6, 6.07) is 1.72. The van der Waals surface area contributed by atoms with Crippen LogP contribution in [0.4, 0.5) is 0 Å². The highest BCUT2D eigenvalue weighted by atomic mass is 16.5. The Morgan fingerprint density at radius 2 is 2.41 bits per heavy atom. The van der Waals surface area contributed by atoms with Gasteiger partial charge in [-0.25, -0.2) is 0 Å². The smallest absolute Gasteiger partial charge is 0.271 e. The van der Waals surface area contributed by atoms with Crippen molar-refractivity contribution in [2.75, 3.05) is 20.3 Å². The van der Waals surface area contributed by atoms with Gasteiger partial charge in [-0.15, -0.1) is 0 Å². The number of carbonyl (C=O) groups excluding carboxylic acids is 1. The number of aromatic nitrogens is 2. The van der Waals surface area contributed by atoms with Crippen LogP contribution in [0.25, 0.3) is 0 Å². The van der Waals surface area contributed by atoms with E-state index in [2.05, 4.69) is 10.4 Å². The van der Waals surface area contributed by atoms with Crippen LogP contribution < -0.4 is 5.32 Å². The van der Waals surface area contributed by atoms with Gasteiger partial charge >= 0.3 is 0 Å². The number of hydrogen-bond donors (Lipinski definition) is 2. The Labute approximate surface area is 101 Å². The summed E-state index contributed by atoms with van der Waals surface area (Å²) in [5, 5.41) is 16.1. The largest absolute Gasteiger partial charge is 0.391 e. The number of nitrogens with one attached hydrogen (secondary N) is 1. The molecule has 1 aromatic rings. The Morgan fingerprint density at radius 3 is 2.94 bits per heavy atom. The van der Waals surface area contributed by atoms with E-state index in [0.29, 0.717) is 18.7 Å². The highest BCUT2D eigenvalue weighted by Crippen LogP contribution is 2.01. The first-order valence-corrected chi connectivity index (χ1v) is 5.50. The van der Waals surface area contributed by atoms with Crippen LogP contribution in [0.15, 0.2) is 6.07 Å². The number of nitrogens with zero attached hydrogens (tertiary/aromatic N) is 2. The van der Waals surface area contributed by atoms with Crippen molar-refractivity contribution in [1.82, 2.24) is 15.1 Å². The van der Waals surface area contributed by atoms with Gasteiger partial charge < -0.3 is 15.2 Å². The third-order valence-electron chi connectivity index (χ3n) is 2.47. The van der Waals surface area contributed by atoms with E-state index in [0.717, 1.165) is 5.69 Å². The molecule has 1 unspecified atom stereocenters. The number of ether oxygens (including phenoxy) is 1. The second kappa shape index (κ2) is 6.36. The normalized spacial score (nSPS) is 12.5. The summed E-state index contributed by atoms with van der Waals surface area (Å²) in [4.78, 5) is 11.6. The average Bonchev–Trinajstić information content (AvgIpc) is 2.59. The van der Waals surface area contributed by atoms with Gasteiger partial charge in [0, 0.05) is 26.4 Å². The molecule has 0 radical (unpaired) electrons. The van der Waals surface area contributed by atoms with Crippen molar-refractivity contribution in [3.63, 3.8) is 0 Å². The molecule has 1 heterocycles. The van der Waals surface area contributed by atoms with E-state index >= 15 is 0 Å². The summed E-state index contributed by atoms with van der Waals surface area (Å²) in [6.45, 7) is 2.56. The molecule has 1 atom stereocenters. The molecule has 0 spiro atoms. The van der Waals surface area contributed by atoms with Crippen molar-refractivity contribution < 1.29 is 14.6 Å². The van der Waals surface area contributed by atoms with Gasteiger partial charge in [0.15, 0.2) is 0 Å². The van der Waals surface area contributed by atoms with Crippen molar-refractivity contribution in [2.45, 2.75) is 19.4 Å². The Morgan fingerprint density at radius 1 is 1.71 bits per heavy atom. The Bertz CT molecular complexity index is 357. The van der Waals surface area contributed by atoms with Gasteiger partial charge in [-0.2, -0.15) is 5.10 Å². The summed E-state index contributed by atoms with van der Waals surface area (Å²) < 4.78 is 6.43. The molecule has 6 nitrogen and oxygen atoms in total. The van der Waals surface area contributed by atoms with Gasteiger partial charge in [-0.1, -0.05) is 0 Å². The lowest BCUT2D eigenvalue weighted by Gasteiger charge is -2.09. The number of aliphatic hydroxyl groups is 1. The first kappa shape index (κ1) is 13.7. The highest BCUT2D eigenvalue weighted by Gasteiger charge is 2.11. The number of carbonyl (C=O) groups is 1. The van der Waals surface area contributed by atoms with Gasteiger partial charge in [0.2, 0.25) is 0 Å². The number of aliphatic hydroxyl groups excluding tert-OH is 1. The van der Waals surface area contributed by atoms with Gasteiger partial charge in [-0.05, 0) is 19.4 Å². The van der Waals surface area contributed by atoms with Crippen molar-refractivity contribution in [2.24, 2.45) is 7.05 Å². The molecule has 0 aromatic carbocycles. The molecular formula is C11H19N3O3. The van der Waals surface area contributed by atoms with E-state index in [1.165, 1.54) is 7.11 Å². The molecule has 0 bridgehead atoms. The number of amides is 1. The van der Waals surface area contributed by atoms with Crippen LogP contribution in [0.5, 0.6) is 0 Å². The molecular weight excluding hydrogens is 222 g/mol. The molecule has 6 heteroatoms. The zero-order valence-corrected chi connectivity index (χ0v) is 10.4. The SMILES string of the molecule is COCC(O)CCNC(=O)c1cc(C)n(C)n1. The number of hydrogen-bond acceptors (Lipinski definition) is 4. The van der Waals surface area contributed by atoms with Gasteiger partial charge in [-0.3, -0.25) is 9.48 Å². The van der Waals surface area contributed by atoms with Crippen LogP contribution in [-0.4, -0.2) is 47.2 Å². The van der Waals surface area contributed by atoms with Crippen molar-refractivity contribution in [1.29, 1.82) is 0 Å². The molecule has 1 rings (SSSR count). The van der Waals surface area contributed by atoms with Crippen LogP contribution in [0.1, 0.15) is 22.6 Å². The van der Waals surface area contributed by atoms with Crippen LogP contribution in [0.3, 0.4) is 0 Å². The second-order valence-corrected chi connectivity index (χ2v) is 3.95. The van der Waals surface area contributed by atoms with Crippen LogP contribution >= 0.6 is 0 Å². The van der Waals surface area contributed by atoms with Crippen molar-refractivity contribution >= 4 is 5.91 Å². The maximum Gasteiger partial charge on any atom is 0.271 e. The van der Waals surface area contributed by atoms with E-state index in [1.54, 1.807) is 17.8 Å². The summed E-state index contributed by atoms with van der Waals surface area (Å²) in [5.74, 6) is -0.224. The highest BCUT2D eigenvalue weighted by molar-refractivity contribution is 5.92. The molecule has 2 N–H and O–H groups in total. The van der Waals surface area contributed by atoms with E-state index in [4.69, 9.17) is 4.74 Å². The van der Waals surface area contributed by atoms with Crippen LogP contribution in [0.2, 0.25) is 0 Å². The first-order valence-electron chi connectivity index (χ1n) is 5.50. The minimum absolute atomic E-state index is 0.224. The third-order valence-corrected chi connectivity index (χ3v) is 2.47. The third kappa shape index (κ3) is 4.16. The Kier molecular flexibility index (Phi) is 5.11. The predicted octanol–water partition coefficient (Wildman–Crippen LogP) is -0.144. The summed E-state index contributed by atoms with van der Waals surface area (Å²) in [6.07, 6.45) is -0.0865. The second-order valence-electron chi connectivity index (χ2n) is 3.95. The molecule has 0 saturated carbocycles. The quantitative estimate of drug-likeness (QED) is 0.726.